The zero-order chi connectivity index (χ0) is 37.7. The highest BCUT2D eigenvalue weighted by Gasteiger charge is 2.72. The maximum Gasteiger partial charge on any atom is 0.306 e. The maximum atomic E-state index is 12.9. The molecule has 3 heterocycles. The SMILES string of the molecule is CO[C@@H]1[C@H](OC(=O)CCCCCCCCC(=O)O[C@@H]2CC[C@]3(CO3)[C@@H](C(C)(C)OCC=C(C)C)[C@@H]2OC)CC[C@]2(CO2)[C@H]1[C@@]1(C)O[C@@H]1CC=C(C)C. The molecule has 0 N–H and O–H groups in total. The second-order valence-corrected chi connectivity index (χ2v) is 17.3. The molecule has 10 heteroatoms. The van der Waals surface area contributed by atoms with E-state index in [0.717, 1.165) is 70.6 Å². The molecule has 10 nitrogen and oxygen atoms in total. The van der Waals surface area contributed by atoms with E-state index in [-0.39, 0.29) is 71.1 Å². The fourth-order valence-corrected chi connectivity index (χ4v) is 9.36. The van der Waals surface area contributed by atoms with Gasteiger partial charge in [0.2, 0.25) is 0 Å². The summed E-state index contributed by atoms with van der Waals surface area (Å²) in [5, 5.41) is 0. The lowest BCUT2D eigenvalue weighted by molar-refractivity contribution is -0.192. The molecule has 5 rings (SSSR count). The third-order valence-corrected chi connectivity index (χ3v) is 12.4. The zero-order valence-corrected chi connectivity index (χ0v) is 33.6. The first-order chi connectivity index (χ1) is 24.7. The molecule has 0 amide bonds. The fraction of sp³-hybridized carbons (Fsp3) is 0.857. The third kappa shape index (κ3) is 9.88. The average Bonchev–Trinajstić information content (AvgIpc) is 4.03. The van der Waals surface area contributed by atoms with Crippen LogP contribution in [0.25, 0.3) is 0 Å². The minimum atomic E-state index is -0.510. The van der Waals surface area contributed by atoms with Crippen LogP contribution >= 0.6 is 0 Å². The predicted octanol–water partition coefficient (Wildman–Crippen LogP) is 7.59. The van der Waals surface area contributed by atoms with Gasteiger partial charge in [0.25, 0.3) is 0 Å². The highest BCUT2D eigenvalue weighted by atomic mass is 16.6. The number of carbonyl (C=O) groups is 2. The van der Waals surface area contributed by atoms with Crippen molar-refractivity contribution >= 4 is 11.9 Å². The van der Waals surface area contributed by atoms with Crippen molar-refractivity contribution in [3.8, 4) is 0 Å². The standard InChI is InChI=1S/C42H68O10/c1-28(2)18-19-32-40(7,52-32)38-36(46-9)31(21-24-42(38)27-49-42)51-34(44)17-15-13-11-10-12-14-16-33(43)50-30-20-23-41(26-48-41)37(35(30)45-8)39(5,6)47-25-22-29(3)4/h18,22,30-32,35-38H,10-17,19-21,23-27H2,1-9H3/t30-,31-,32-,35-,36-,37-,38-,40+,41+,42+/m1/s1. The Kier molecular flexibility index (Phi) is 13.8. The second-order valence-electron chi connectivity index (χ2n) is 17.3. The number of hydrogen-bond acceptors (Lipinski definition) is 10. The Morgan fingerprint density at radius 1 is 0.750 bits per heavy atom. The molecule has 296 valence electrons. The van der Waals surface area contributed by atoms with Gasteiger partial charge in [-0.15, -0.1) is 0 Å². The molecule has 52 heavy (non-hydrogen) atoms. The Morgan fingerprint density at radius 2 is 1.25 bits per heavy atom. The van der Waals surface area contributed by atoms with E-state index in [0.29, 0.717) is 32.7 Å². The third-order valence-electron chi connectivity index (χ3n) is 12.4. The van der Waals surface area contributed by atoms with Gasteiger partial charge in [-0.05, 0) is 93.4 Å². The molecule has 2 saturated carbocycles. The molecule has 3 aliphatic heterocycles. The predicted molar refractivity (Wildman–Crippen MR) is 198 cm³/mol. The number of allylic oxidation sites excluding steroid dienone is 2. The van der Waals surface area contributed by atoms with Gasteiger partial charge in [-0.3, -0.25) is 9.59 Å². The van der Waals surface area contributed by atoms with Crippen molar-refractivity contribution in [2.75, 3.05) is 34.0 Å². The van der Waals surface area contributed by atoms with E-state index in [1.165, 1.54) is 11.1 Å². The van der Waals surface area contributed by atoms with Crippen molar-refractivity contribution < 1.29 is 47.5 Å². The van der Waals surface area contributed by atoms with E-state index < -0.39 is 5.60 Å². The molecule has 0 aromatic carbocycles. The lowest BCUT2D eigenvalue weighted by Crippen LogP contribution is -2.58. The largest absolute Gasteiger partial charge is 0.460 e. The van der Waals surface area contributed by atoms with Crippen LogP contribution < -0.4 is 0 Å². The van der Waals surface area contributed by atoms with Gasteiger partial charge in [0.15, 0.2) is 0 Å². The van der Waals surface area contributed by atoms with Crippen LogP contribution in [0.5, 0.6) is 0 Å². The normalized spacial score (nSPS) is 36.3. The Bertz CT molecular complexity index is 1210. The molecule has 3 saturated heterocycles. The summed E-state index contributed by atoms with van der Waals surface area (Å²) in [5.74, 6) is -0.353. The highest BCUT2D eigenvalue weighted by molar-refractivity contribution is 5.70. The van der Waals surface area contributed by atoms with Gasteiger partial charge >= 0.3 is 11.9 Å². The van der Waals surface area contributed by atoms with E-state index in [9.17, 15) is 9.59 Å². The summed E-state index contributed by atoms with van der Waals surface area (Å²) in [6, 6.07) is 0. The van der Waals surface area contributed by atoms with Gasteiger partial charge in [0.05, 0.1) is 43.0 Å². The summed E-state index contributed by atoms with van der Waals surface area (Å²) in [6.07, 6.45) is 13.5. The monoisotopic (exact) mass is 732 g/mol. The first-order valence-electron chi connectivity index (χ1n) is 20.0. The van der Waals surface area contributed by atoms with Crippen molar-refractivity contribution in [2.45, 2.75) is 185 Å². The molecule has 2 spiro atoms. The van der Waals surface area contributed by atoms with Crippen LogP contribution in [-0.4, -0.2) is 98.9 Å². The Hall–Kier alpha value is -1.82. The molecular formula is C42H68O10. The molecule has 0 bridgehead atoms. The summed E-state index contributed by atoms with van der Waals surface area (Å²) in [7, 11) is 3.40. The van der Waals surface area contributed by atoms with Crippen LogP contribution in [0.2, 0.25) is 0 Å². The Balaban J connectivity index is 0.974. The topological polar surface area (TPSA) is 118 Å². The van der Waals surface area contributed by atoms with E-state index in [1.54, 1.807) is 14.2 Å². The number of epoxide rings is 3. The lowest BCUT2D eigenvalue weighted by Gasteiger charge is -2.47. The van der Waals surface area contributed by atoms with Gasteiger partial charge < -0.3 is 37.9 Å². The molecule has 0 unspecified atom stereocenters. The van der Waals surface area contributed by atoms with Gasteiger partial charge in [0.1, 0.15) is 35.6 Å². The minimum absolute atomic E-state index is 0.0270. The van der Waals surface area contributed by atoms with Crippen LogP contribution in [0.1, 0.15) is 132 Å². The summed E-state index contributed by atoms with van der Waals surface area (Å²) in [5.41, 5.74) is 1.14. The van der Waals surface area contributed by atoms with Crippen molar-refractivity contribution in [3.63, 3.8) is 0 Å². The van der Waals surface area contributed by atoms with E-state index in [2.05, 4.69) is 60.6 Å². The summed E-state index contributed by atoms with van der Waals surface area (Å²) in [6.45, 7) is 16.6. The number of esters is 2. The smallest absolute Gasteiger partial charge is 0.306 e. The highest BCUT2D eigenvalue weighted by Crippen LogP contribution is 2.60. The summed E-state index contributed by atoms with van der Waals surface area (Å²) >= 11 is 0. The molecular weight excluding hydrogens is 664 g/mol. The first kappa shape index (κ1) is 41.3. The molecule has 10 atom stereocenters. The number of carbonyl (C=O) groups excluding carboxylic acids is 2. The lowest BCUT2D eigenvalue weighted by atomic mass is 9.68. The van der Waals surface area contributed by atoms with Gasteiger partial charge in [0, 0.05) is 33.0 Å². The number of unbranched alkanes of at least 4 members (excludes halogenated alkanes) is 5. The number of methoxy groups -OCH3 is 2. The number of hydrogen-bond donors (Lipinski definition) is 0. The van der Waals surface area contributed by atoms with Crippen molar-refractivity contribution in [2.24, 2.45) is 11.8 Å². The van der Waals surface area contributed by atoms with Crippen LogP contribution in [0.4, 0.5) is 0 Å². The second kappa shape index (κ2) is 17.3. The van der Waals surface area contributed by atoms with Crippen LogP contribution in [-0.2, 0) is 47.5 Å². The van der Waals surface area contributed by atoms with Gasteiger partial charge in [-0.1, -0.05) is 49.0 Å². The van der Waals surface area contributed by atoms with Crippen LogP contribution in [0, 0.1) is 11.8 Å². The van der Waals surface area contributed by atoms with E-state index >= 15 is 0 Å². The van der Waals surface area contributed by atoms with Crippen LogP contribution in [0.3, 0.4) is 0 Å². The Labute approximate surface area is 313 Å². The molecule has 2 aliphatic carbocycles. The molecule has 0 radical (unpaired) electrons. The molecule has 0 aromatic heterocycles. The summed E-state index contributed by atoms with van der Waals surface area (Å²) < 4.78 is 48.8. The van der Waals surface area contributed by atoms with Crippen LogP contribution in [0.15, 0.2) is 23.3 Å². The first-order valence-corrected chi connectivity index (χ1v) is 20.0. The zero-order valence-electron chi connectivity index (χ0n) is 33.6. The van der Waals surface area contributed by atoms with E-state index in [4.69, 9.17) is 37.9 Å². The van der Waals surface area contributed by atoms with Crippen molar-refractivity contribution in [1.82, 2.24) is 0 Å². The fourth-order valence-electron chi connectivity index (χ4n) is 9.36. The quantitative estimate of drug-likeness (QED) is 0.0536. The molecule has 5 aliphatic rings. The summed E-state index contributed by atoms with van der Waals surface area (Å²) in [4.78, 5) is 25.9. The molecule has 5 fully saturated rings. The van der Waals surface area contributed by atoms with Gasteiger partial charge in [-0.25, -0.2) is 0 Å². The minimum Gasteiger partial charge on any atom is -0.460 e. The maximum absolute atomic E-state index is 12.9. The number of rotatable bonds is 20. The van der Waals surface area contributed by atoms with E-state index in [1.807, 2.05) is 0 Å². The Morgan fingerprint density at radius 3 is 1.75 bits per heavy atom. The average molecular weight is 733 g/mol. The molecule has 0 aromatic rings. The van der Waals surface area contributed by atoms with Crippen molar-refractivity contribution in [3.05, 3.63) is 23.3 Å². The van der Waals surface area contributed by atoms with Crippen molar-refractivity contribution in [1.29, 1.82) is 0 Å². The van der Waals surface area contributed by atoms with Gasteiger partial charge in [-0.2, -0.15) is 0 Å². The number of ether oxygens (including phenoxy) is 8.